The standard InChI is InChI=1S/C20H16ClN5O/c21-14-6-3-13-9-17(23-16(13)10-14)20(27)22-15-7-4-12(5-8-15)19-24-18(25-26-19)11-1-2-11/h3-11,23H,1-2H2,(H,22,27)(H,24,25,26). The zero-order valence-electron chi connectivity index (χ0n) is 14.3. The van der Waals surface area contributed by atoms with E-state index in [1.165, 1.54) is 12.8 Å². The van der Waals surface area contributed by atoms with E-state index in [0.717, 1.165) is 22.3 Å². The van der Waals surface area contributed by atoms with Crippen molar-refractivity contribution in [2.24, 2.45) is 0 Å². The first kappa shape index (κ1) is 16.1. The molecular formula is C20H16ClN5O. The van der Waals surface area contributed by atoms with Gasteiger partial charge in [-0.15, -0.1) is 0 Å². The van der Waals surface area contributed by atoms with Gasteiger partial charge in [-0.1, -0.05) is 17.7 Å². The highest BCUT2D eigenvalue weighted by Gasteiger charge is 2.27. The molecule has 27 heavy (non-hydrogen) atoms. The molecule has 134 valence electrons. The molecule has 2 aromatic carbocycles. The van der Waals surface area contributed by atoms with Gasteiger partial charge in [-0.2, -0.15) is 5.10 Å². The Kier molecular flexibility index (Phi) is 3.72. The minimum atomic E-state index is -0.205. The van der Waals surface area contributed by atoms with Crippen molar-refractivity contribution in [3.63, 3.8) is 0 Å². The van der Waals surface area contributed by atoms with Crippen molar-refractivity contribution >= 4 is 34.1 Å². The summed E-state index contributed by atoms with van der Waals surface area (Å²) in [5.41, 5.74) is 2.94. The van der Waals surface area contributed by atoms with Crippen LogP contribution >= 0.6 is 11.6 Å². The van der Waals surface area contributed by atoms with E-state index in [2.05, 4.69) is 25.5 Å². The number of carbonyl (C=O) groups is 1. The molecule has 1 saturated carbocycles. The average molecular weight is 378 g/mol. The van der Waals surface area contributed by atoms with Crippen LogP contribution in [0.15, 0.2) is 48.5 Å². The second-order valence-corrected chi connectivity index (χ2v) is 7.20. The quantitative estimate of drug-likeness (QED) is 0.480. The van der Waals surface area contributed by atoms with Gasteiger partial charge in [-0.25, -0.2) is 4.98 Å². The summed E-state index contributed by atoms with van der Waals surface area (Å²) < 4.78 is 0. The van der Waals surface area contributed by atoms with Crippen LogP contribution in [-0.4, -0.2) is 26.1 Å². The molecule has 0 radical (unpaired) electrons. The van der Waals surface area contributed by atoms with Gasteiger partial charge >= 0.3 is 0 Å². The Hall–Kier alpha value is -3.12. The predicted molar refractivity (Wildman–Crippen MR) is 105 cm³/mol. The van der Waals surface area contributed by atoms with Gasteiger partial charge in [0.2, 0.25) is 0 Å². The first-order valence-electron chi connectivity index (χ1n) is 8.78. The van der Waals surface area contributed by atoms with Crippen LogP contribution in [0.2, 0.25) is 5.02 Å². The molecule has 5 rings (SSSR count). The number of H-pyrrole nitrogens is 2. The first-order valence-corrected chi connectivity index (χ1v) is 9.16. The van der Waals surface area contributed by atoms with Crippen LogP contribution in [0.5, 0.6) is 0 Å². The highest BCUT2D eigenvalue weighted by molar-refractivity contribution is 6.31. The number of carbonyl (C=O) groups excluding carboxylic acids is 1. The molecule has 2 heterocycles. The molecule has 4 aromatic rings. The maximum Gasteiger partial charge on any atom is 0.272 e. The molecule has 1 fully saturated rings. The lowest BCUT2D eigenvalue weighted by Gasteiger charge is -2.04. The van der Waals surface area contributed by atoms with Crippen molar-refractivity contribution in [1.29, 1.82) is 0 Å². The summed E-state index contributed by atoms with van der Waals surface area (Å²) in [6.45, 7) is 0. The summed E-state index contributed by atoms with van der Waals surface area (Å²) in [7, 11) is 0. The molecule has 3 N–H and O–H groups in total. The van der Waals surface area contributed by atoms with Crippen molar-refractivity contribution in [2.45, 2.75) is 18.8 Å². The van der Waals surface area contributed by atoms with Crippen LogP contribution in [0.25, 0.3) is 22.3 Å². The summed E-state index contributed by atoms with van der Waals surface area (Å²) in [5, 5.41) is 11.7. The number of benzene rings is 2. The van der Waals surface area contributed by atoms with Gasteiger partial charge in [-0.3, -0.25) is 9.89 Å². The average Bonchev–Trinajstić information content (AvgIpc) is 3.25. The van der Waals surface area contributed by atoms with Crippen LogP contribution < -0.4 is 5.32 Å². The molecule has 0 bridgehead atoms. The van der Waals surface area contributed by atoms with E-state index < -0.39 is 0 Å². The van der Waals surface area contributed by atoms with Gasteiger partial charge in [0.25, 0.3) is 5.91 Å². The SMILES string of the molecule is O=C(Nc1ccc(-c2n[nH]c(C3CC3)n2)cc1)c1cc2ccc(Cl)cc2[nH]1. The van der Waals surface area contributed by atoms with Crippen molar-refractivity contribution < 1.29 is 4.79 Å². The highest BCUT2D eigenvalue weighted by atomic mass is 35.5. The Bertz CT molecular complexity index is 1140. The van der Waals surface area contributed by atoms with Crippen LogP contribution in [0.3, 0.4) is 0 Å². The lowest BCUT2D eigenvalue weighted by molar-refractivity contribution is 0.102. The molecule has 0 spiro atoms. The Labute approximate surface area is 160 Å². The molecule has 0 atom stereocenters. The number of rotatable bonds is 4. The fraction of sp³-hybridized carbons (Fsp3) is 0.150. The molecule has 0 unspecified atom stereocenters. The number of nitrogens with one attached hydrogen (secondary N) is 3. The molecule has 1 amide bonds. The number of hydrogen-bond donors (Lipinski definition) is 3. The third-order valence-corrected chi connectivity index (χ3v) is 4.93. The second kappa shape index (κ2) is 6.25. The minimum Gasteiger partial charge on any atom is -0.350 e. The number of amides is 1. The summed E-state index contributed by atoms with van der Waals surface area (Å²) >= 11 is 5.99. The van der Waals surface area contributed by atoms with Gasteiger partial charge in [0, 0.05) is 33.1 Å². The maximum absolute atomic E-state index is 12.5. The third kappa shape index (κ3) is 3.19. The van der Waals surface area contributed by atoms with Gasteiger partial charge in [0.05, 0.1) is 0 Å². The summed E-state index contributed by atoms with van der Waals surface area (Å²) in [5.74, 6) is 1.98. The van der Waals surface area contributed by atoms with Gasteiger partial charge in [0.1, 0.15) is 11.5 Å². The smallest absolute Gasteiger partial charge is 0.272 e. The molecule has 6 nitrogen and oxygen atoms in total. The van der Waals surface area contributed by atoms with Crippen LogP contribution in [0.1, 0.15) is 35.1 Å². The molecule has 1 aliphatic rings. The number of fused-ring (bicyclic) bond motifs is 1. The van der Waals surface area contributed by atoms with E-state index in [0.29, 0.717) is 28.1 Å². The summed E-state index contributed by atoms with van der Waals surface area (Å²) in [6.07, 6.45) is 2.36. The molecule has 7 heteroatoms. The highest BCUT2D eigenvalue weighted by Crippen LogP contribution is 2.38. The van der Waals surface area contributed by atoms with Crippen LogP contribution in [0, 0.1) is 0 Å². The molecule has 1 aliphatic carbocycles. The third-order valence-electron chi connectivity index (χ3n) is 4.70. The van der Waals surface area contributed by atoms with Crippen molar-refractivity contribution in [3.05, 3.63) is 65.1 Å². The lowest BCUT2D eigenvalue weighted by Crippen LogP contribution is -2.12. The van der Waals surface area contributed by atoms with E-state index in [1.807, 2.05) is 36.4 Å². The van der Waals surface area contributed by atoms with E-state index in [4.69, 9.17) is 11.6 Å². The van der Waals surface area contributed by atoms with Crippen molar-refractivity contribution in [1.82, 2.24) is 20.2 Å². The fourth-order valence-electron chi connectivity index (χ4n) is 3.07. The zero-order chi connectivity index (χ0) is 18.4. The number of halogens is 1. The normalized spacial score (nSPS) is 13.8. The van der Waals surface area contributed by atoms with E-state index >= 15 is 0 Å². The fourth-order valence-corrected chi connectivity index (χ4v) is 3.24. The van der Waals surface area contributed by atoms with Crippen LogP contribution in [0.4, 0.5) is 5.69 Å². The number of aromatic nitrogens is 4. The topological polar surface area (TPSA) is 86.5 Å². The van der Waals surface area contributed by atoms with Gasteiger partial charge < -0.3 is 10.3 Å². The second-order valence-electron chi connectivity index (χ2n) is 6.76. The Morgan fingerprint density at radius 2 is 1.93 bits per heavy atom. The Balaban J connectivity index is 1.32. The molecular weight excluding hydrogens is 362 g/mol. The number of anilines is 1. The Morgan fingerprint density at radius 3 is 2.70 bits per heavy atom. The van der Waals surface area contributed by atoms with E-state index in [9.17, 15) is 4.79 Å². The van der Waals surface area contributed by atoms with Gasteiger partial charge in [0.15, 0.2) is 5.82 Å². The number of aromatic amines is 2. The minimum absolute atomic E-state index is 0.205. The molecule has 2 aromatic heterocycles. The predicted octanol–water partition coefficient (Wildman–Crippen LogP) is 4.74. The monoisotopic (exact) mass is 377 g/mol. The van der Waals surface area contributed by atoms with Crippen LogP contribution in [-0.2, 0) is 0 Å². The number of hydrogen-bond acceptors (Lipinski definition) is 3. The first-order chi connectivity index (χ1) is 13.2. The number of nitrogens with zero attached hydrogens (tertiary/aromatic N) is 2. The zero-order valence-corrected chi connectivity index (χ0v) is 15.0. The van der Waals surface area contributed by atoms with E-state index in [-0.39, 0.29) is 5.91 Å². The molecule has 0 saturated heterocycles. The van der Waals surface area contributed by atoms with Gasteiger partial charge in [-0.05, 0) is 55.3 Å². The van der Waals surface area contributed by atoms with Crippen molar-refractivity contribution in [2.75, 3.05) is 5.32 Å². The Morgan fingerprint density at radius 1 is 1.11 bits per heavy atom. The van der Waals surface area contributed by atoms with E-state index in [1.54, 1.807) is 12.1 Å². The molecule has 0 aliphatic heterocycles. The largest absolute Gasteiger partial charge is 0.350 e. The van der Waals surface area contributed by atoms with Crippen molar-refractivity contribution in [3.8, 4) is 11.4 Å². The maximum atomic E-state index is 12.5. The summed E-state index contributed by atoms with van der Waals surface area (Å²) in [4.78, 5) is 20.1. The lowest BCUT2D eigenvalue weighted by atomic mass is 10.2. The summed E-state index contributed by atoms with van der Waals surface area (Å²) in [6, 6.07) is 14.8.